The molecule has 0 amide bonds. The quantitative estimate of drug-likeness (QED) is 0.834. The van der Waals surface area contributed by atoms with Gasteiger partial charge in [-0.1, -0.05) is 17.8 Å². The third-order valence-electron chi connectivity index (χ3n) is 4.80. The zero-order valence-electron chi connectivity index (χ0n) is 13.4. The number of allylic oxidation sites excluding steroid dienone is 2. The molecule has 3 atom stereocenters. The minimum Gasteiger partial charge on any atom is -0.350 e. The van der Waals surface area contributed by atoms with Crippen molar-refractivity contribution in [3.05, 3.63) is 52.0 Å². The Morgan fingerprint density at radius 2 is 2.26 bits per heavy atom. The number of carbonyl (C=O) groups excluding carboxylic acids is 1. The second kappa shape index (κ2) is 5.39. The molecule has 0 spiro atoms. The van der Waals surface area contributed by atoms with Gasteiger partial charge in [-0.2, -0.15) is 0 Å². The molecule has 0 aromatic carbocycles. The minimum atomic E-state index is -0.258. The fourth-order valence-corrected chi connectivity index (χ4v) is 4.38. The van der Waals surface area contributed by atoms with E-state index in [2.05, 4.69) is 9.88 Å². The number of ether oxygens (including phenoxy) is 1. The van der Waals surface area contributed by atoms with E-state index in [0.717, 1.165) is 22.0 Å². The number of fused-ring (bicyclic) bond motifs is 2. The van der Waals surface area contributed by atoms with Crippen molar-refractivity contribution < 1.29 is 9.53 Å². The van der Waals surface area contributed by atoms with Crippen LogP contribution in [0.5, 0.6) is 0 Å². The van der Waals surface area contributed by atoms with Crippen LogP contribution in [-0.4, -0.2) is 39.6 Å². The number of ketones is 1. The Morgan fingerprint density at radius 1 is 1.43 bits per heavy atom. The number of aromatic nitrogens is 2. The van der Waals surface area contributed by atoms with Gasteiger partial charge in [-0.05, 0) is 25.3 Å². The topological polar surface area (TPSA) is 47.4 Å². The first kappa shape index (κ1) is 14.8. The molecule has 1 saturated heterocycles. The third kappa shape index (κ3) is 2.20. The van der Waals surface area contributed by atoms with Crippen molar-refractivity contribution >= 4 is 17.5 Å². The summed E-state index contributed by atoms with van der Waals surface area (Å²) in [5.41, 5.74) is 1.89. The Hall–Kier alpha value is -1.79. The highest BCUT2D eigenvalue weighted by molar-refractivity contribution is 8.06. The fraction of sp³-hybridized carbons (Fsp3) is 0.412. The normalized spacial score (nSPS) is 29.7. The van der Waals surface area contributed by atoms with Gasteiger partial charge in [-0.15, -0.1) is 0 Å². The molecule has 6 heteroatoms. The van der Waals surface area contributed by atoms with Crippen LogP contribution >= 0.6 is 11.8 Å². The lowest BCUT2D eigenvalue weighted by molar-refractivity contribution is -0.142. The van der Waals surface area contributed by atoms with Crippen molar-refractivity contribution in [3.8, 4) is 0 Å². The second-order valence-electron chi connectivity index (χ2n) is 6.14. The van der Waals surface area contributed by atoms with Crippen LogP contribution in [0.25, 0.3) is 0 Å². The van der Waals surface area contributed by atoms with Crippen molar-refractivity contribution in [2.45, 2.75) is 32.7 Å². The molecule has 4 rings (SSSR count). The summed E-state index contributed by atoms with van der Waals surface area (Å²) in [4.78, 5) is 20.5. The first-order valence-corrected chi connectivity index (χ1v) is 8.64. The molecule has 5 nitrogen and oxygen atoms in total. The zero-order valence-corrected chi connectivity index (χ0v) is 14.2. The summed E-state index contributed by atoms with van der Waals surface area (Å²) >= 11 is 1.61. The lowest BCUT2D eigenvalue weighted by Crippen LogP contribution is -2.47. The SMILES string of the molecule is Cc1nccn1CC1C(=O)C2=C3SC=CC=C3N(C)C2OC1C. The van der Waals surface area contributed by atoms with E-state index in [0.29, 0.717) is 6.54 Å². The molecule has 0 bridgehead atoms. The van der Waals surface area contributed by atoms with Crippen molar-refractivity contribution in [2.75, 3.05) is 7.05 Å². The molecule has 3 aliphatic heterocycles. The Balaban J connectivity index is 1.70. The summed E-state index contributed by atoms with van der Waals surface area (Å²) < 4.78 is 8.24. The summed E-state index contributed by atoms with van der Waals surface area (Å²) in [7, 11) is 1.99. The van der Waals surface area contributed by atoms with Crippen LogP contribution in [0.1, 0.15) is 12.7 Å². The zero-order chi connectivity index (χ0) is 16.1. The maximum absolute atomic E-state index is 13.2. The first-order chi connectivity index (χ1) is 11.1. The summed E-state index contributed by atoms with van der Waals surface area (Å²) in [6, 6.07) is 0. The molecule has 0 aliphatic carbocycles. The lowest BCUT2D eigenvalue weighted by Gasteiger charge is -2.36. The first-order valence-electron chi connectivity index (χ1n) is 7.76. The number of nitrogens with zero attached hydrogens (tertiary/aromatic N) is 3. The standard InChI is InChI=1S/C17H19N3O2S/c1-10-12(9-20-7-6-18-11(20)2)15(21)14-16-13(5-4-8-23-16)19(3)17(14)22-10/h4-8,10,12,17H,9H2,1-3H3. The average molecular weight is 329 g/mol. The molecule has 1 fully saturated rings. The number of Topliss-reactive ketones (excluding diaryl/α,β-unsaturated/α-hetero) is 1. The molecule has 1 aromatic heterocycles. The number of rotatable bonds is 2. The van der Waals surface area contributed by atoms with Crippen LogP contribution in [-0.2, 0) is 16.1 Å². The summed E-state index contributed by atoms with van der Waals surface area (Å²) in [5.74, 6) is 0.944. The van der Waals surface area contributed by atoms with Crippen molar-refractivity contribution in [1.29, 1.82) is 0 Å². The van der Waals surface area contributed by atoms with Gasteiger partial charge >= 0.3 is 0 Å². The van der Waals surface area contributed by atoms with Crippen LogP contribution in [0, 0.1) is 12.8 Å². The highest BCUT2D eigenvalue weighted by atomic mass is 32.2. The average Bonchev–Trinajstić information content (AvgIpc) is 3.06. The number of hydrogen-bond donors (Lipinski definition) is 0. The van der Waals surface area contributed by atoms with Crippen molar-refractivity contribution in [2.24, 2.45) is 5.92 Å². The molecule has 1 aromatic rings. The van der Waals surface area contributed by atoms with Crippen LogP contribution in [0.15, 0.2) is 46.1 Å². The number of likely N-dealkylation sites (N-methyl/N-ethyl adjacent to an activating group) is 1. The number of aryl methyl sites for hydroxylation is 1. The van der Waals surface area contributed by atoms with Gasteiger partial charge in [-0.3, -0.25) is 4.79 Å². The van der Waals surface area contributed by atoms with Crippen LogP contribution < -0.4 is 0 Å². The highest BCUT2D eigenvalue weighted by Gasteiger charge is 2.47. The maximum Gasteiger partial charge on any atom is 0.172 e. The Kier molecular flexibility index (Phi) is 3.46. The predicted octanol–water partition coefficient (Wildman–Crippen LogP) is 2.47. The van der Waals surface area contributed by atoms with Gasteiger partial charge in [0, 0.05) is 30.9 Å². The maximum atomic E-state index is 13.2. The molecular formula is C17H19N3O2S. The number of carbonyl (C=O) groups is 1. The van der Waals surface area contributed by atoms with Crippen LogP contribution in [0.2, 0.25) is 0 Å². The van der Waals surface area contributed by atoms with E-state index in [1.54, 1.807) is 18.0 Å². The largest absolute Gasteiger partial charge is 0.350 e. The van der Waals surface area contributed by atoms with Gasteiger partial charge in [0.05, 0.1) is 23.3 Å². The Morgan fingerprint density at radius 3 is 3.00 bits per heavy atom. The number of imidazole rings is 1. The lowest BCUT2D eigenvalue weighted by atomic mass is 9.89. The van der Waals surface area contributed by atoms with Gasteiger partial charge < -0.3 is 14.2 Å². The van der Waals surface area contributed by atoms with Gasteiger partial charge in [0.15, 0.2) is 12.0 Å². The summed E-state index contributed by atoms with van der Waals surface area (Å²) in [6.07, 6.45) is 7.37. The van der Waals surface area contributed by atoms with Crippen molar-refractivity contribution in [3.63, 3.8) is 0 Å². The van der Waals surface area contributed by atoms with E-state index in [-0.39, 0.29) is 24.0 Å². The van der Waals surface area contributed by atoms with Crippen LogP contribution in [0.3, 0.4) is 0 Å². The van der Waals surface area contributed by atoms with E-state index in [4.69, 9.17) is 4.74 Å². The molecule has 0 N–H and O–H groups in total. The van der Waals surface area contributed by atoms with E-state index < -0.39 is 0 Å². The molecule has 23 heavy (non-hydrogen) atoms. The Labute approximate surface area is 139 Å². The molecule has 4 heterocycles. The summed E-state index contributed by atoms with van der Waals surface area (Å²) in [6.45, 7) is 4.56. The molecule has 0 saturated carbocycles. The van der Waals surface area contributed by atoms with Gasteiger partial charge in [0.1, 0.15) is 5.82 Å². The van der Waals surface area contributed by atoms with E-state index in [1.807, 2.05) is 49.2 Å². The highest BCUT2D eigenvalue weighted by Crippen LogP contribution is 2.46. The van der Waals surface area contributed by atoms with E-state index >= 15 is 0 Å². The molecule has 3 aliphatic rings. The third-order valence-corrected chi connectivity index (χ3v) is 5.76. The van der Waals surface area contributed by atoms with E-state index in [9.17, 15) is 4.79 Å². The van der Waals surface area contributed by atoms with Crippen LogP contribution in [0.4, 0.5) is 0 Å². The van der Waals surface area contributed by atoms with Gasteiger partial charge in [0.25, 0.3) is 0 Å². The summed E-state index contributed by atoms with van der Waals surface area (Å²) in [5, 5.41) is 2.02. The number of thioether (sulfide) groups is 1. The smallest absolute Gasteiger partial charge is 0.172 e. The predicted molar refractivity (Wildman–Crippen MR) is 89.4 cm³/mol. The molecule has 120 valence electrons. The second-order valence-corrected chi connectivity index (χ2v) is 7.06. The fourth-order valence-electron chi connectivity index (χ4n) is 3.43. The monoisotopic (exact) mass is 329 g/mol. The minimum absolute atomic E-state index is 0.125. The van der Waals surface area contributed by atoms with E-state index in [1.165, 1.54) is 0 Å². The molecule has 0 radical (unpaired) electrons. The van der Waals surface area contributed by atoms with Gasteiger partial charge in [0.2, 0.25) is 0 Å². The van der Waals surface area contributed by atoms with Gasteiger partial charge in [-0.25, -0.2) is 4.98 Å². The molecular weight excluding hydrogens is 310 g/mol. The Bertz CT molecular complexity index is 762. The van der Waals surface area contributed by atoms with Crippen molar-refractivity contribution in [1.82, 2.24) is 14.5 Å². The number of hydrogen-bond acceptors (Lipinski definition) is 5. The molecule has 3 unspecified atom stereocenters.